The number of allylic oxidation sites excluding steroid dienone is 3. The molecule has 0 amide bonds. The Balaban J connectivity index is 1.86. The third-order valence-electron chi connectivity index (χ3n) is 3.59. The molecule has 0 unspecified atom stereocenters. The Morgan fingerprint density at radius 2 is 1.72 bits per heavy atom. The summed E-state index contributed by atoms with van der Waals surface area (Å²) in [6.07, 6.45) is 12.1. The highest BCUT2D eigenvalue weighted by molar-refractivity contribution is 5.84. The average molecular weight is 234 g/mol. The van der Waals surface area contributed by atoms with Crippen molar-refractivity contribution in [1.29, 1.82) is 0 Å². The molecule has 0 heterocycles. The summed E-state index contributed by atoms with van der Waals surface area (Å²) in [5.41, 5.74) is 2.79. The van der Waals surface area contributed by atoms with Crippen molar-refractivity contribution in [3.8, 4) is 0 Å². The normalized spacial score (nSPS) is 16.1. The largest absolute Gasteiger partial charge is 0.0813 e. The van der Waals surface area contributed by atoms with Gasteiger partial charge < -0.3 is 0 Å². The van der Waals surface area contributed by atoms with Gasteiger partial charge in [-0.3, -0.25) is 0 Å². The van der Waals surface area contributed by atoms with Crippen molar-refractivity contribution in [1.82, 2.24) is 0 Å². The lowest BCUT2D eigenvalue weighted by molar-refractivity contribution is 0.712. The minimum absolute atomic E-state index is 1.24. The van der Waals surface area contributed by atoms with Crippen molar-refractivity contribution in [3.63, 3.8) is 0 Å². The van der Waals surface area contributed by atoms with E-state index < -0.39 is 0 Å². The average Bonchev–Trinajstić information content (AvgIpc) is 2.46. The number of hydrogen-bond donors (Lipinski definition) is 0. The predicted molar refractivity (Wildman–Crippen MR) is 79.5 cm³/mol. The van der Waals surface area contributed by atoms with Crippen molar-refractivity contribution >= 4 is 16.8 Å². The van der Waals surface area contributed by atoms with Crippen molar-refractivity contribution in [2.75, 3.05) is 0 Å². The lowest BCUT2D eigenvalue weighted by Gasteiger charge is -2.08. The van der Waals surface area contributed by atoms with E-state index in [1.54, 1.807) is 0 Å². The minimum Gasteiger partial charge on any atom is -0.0813 e. The summed E-state index contributed by atoms with van der Waals surface area (Å²) in [4.78, 5) is 0. The molecule has 1 aliphatic carbocycles. The Labute approximate surface area is 109 Å². The molecular formula is C18H18. The van der Waals surface area contributed by atoms with Crippen LogP contribution in [0.4, 0.5) is 0 Å². The van der Waals surface area contributed by atoms with Gasteiger partial charge in [0.2, 0.25) is 0 Å². The second kappa shape index (κ2) is 5.22. The highest BCUT2D eigenvalue weighted by Crippen LogP contribution is 2.21. The van der Waals surface area contributed by atoms with Gasteiger partial charge in [0, 0.05) is 0 Å². The van der Waals surface area contributed by atoms with E-state index in [-0.39, 0.29) is 0 Å². The van der Waals surface area contributed by atoms with Gasteiger partial charge in [0.05, 0.1) is 0 Å². The van der Waals surface area contributed by atoms with Crippen molar-refractivity contribution < 1.29 is 0 Å². The molecule has 0 N–H and O–H groups in total. The van der Waals surface area contributed by atoms with Crippen LogP contribution in [-0.4, -0.2) is 0 Å². The lowest BCUT2D eigenvalue weighted by atomic mass is 9.98. The number of fused-ring (bicyclic) bond motifs is 1. The fourth-order valence-electron chi connectivity index (χ4n) is 2.53. The smallest absolute Gasteiger partial charge is 0.0178 e. The van der Waals surface area contributed by atoms with Crippen LogP contribution >= 0.6 is 0 Å². The van der Waals surface area contributed by atoms with Crippen LogP contribution in [0.25, 0.3) is 16.8 Å². The van der Waals surface area contributed by atoms with E-state index in [4.69, 9.17) is 0 Å². The van der Waals surface area contributed by atoms with Crippen molar-refractivity contribution in [2.24, 2.45) is 0 Å². The molecule has 1 aliphatic rings. The van der Waals surface area contributed by atoms with Crippen LogP contribution in [0.1, 0.15) is 31.2 Å². The monoisotopic (exact) mass is 234 g/mol. The maximum absolute atomic E-state index is 2.38. The summed E-state index contributed by atoms with van der Waals surface area (Å²) in [5.74, 6) is 0. The molecule has 0 nitrogen and oxygen atoms in total. The lowest BCUT2D eigenvalue weighted by Crippen LogP contribution is -1.87. The highest BCUT2D eigenvalue weighted by Gasteiger charge is 1.99. The first-order valence-corrected chi connectivity index (χ1v) is 6.78. The molecule has 2 aromatic rings. The van der Waals surface area contributed by atoms with Crippen LogP contribution in [0.15, 0.2) is 60.2 Å². The summed E-state index contributed by atoms with van der Waals surface area (Å²) >= 11 is 0. The third kappa shape index (κ3) is 2.53. The Morgan fingerprint density at radius 3 is 2.56 bits per heavy atom. The van der Waals surface area contributed by atoms with Gasteiger partial charge in [-0.1, -0.05) is 60.2 Å². The summed E-state index contributed by atoms with van der Waals surface area (Å²) in [6, 6.07) is 15.2. The van der Waals surface area contributed by atoms with Crippen LogP contribution in [-0.2, 0) is 0 Å². The molecule has 0 heteroatoms. The first-order valence-electron chi connectivity index (χ1n) is 6.78. The van der Waals surface area contributed by atoms with E-state index >= 15 is 0 Å². The third-order valence-corrected chi connectivity index (χ3v) is 3.59. The van der Waals surface area contributed by atoms with Gasteiger partial charge in [-0.15, -0.1) is 0 Å². The van der Waals surface area contributed by atoms with Crippen LogP contribution in [0.3, 0.4) is 0 Å². The van der Waals surface area contributed by atoms with Crippen LogP contribution in [0, 0.1) is 0 Å². The SMILES string of the molecule is C1=C(/C=C/c2ccc3ccccc3c2)CCCC1. The quantitative estimate of drug-likeness (QED) is 0.656. The van der Waals surface area contributed by atoms with E-state index in [0.29, 0.717) is 0 Å². The predicted octanol–water partition coefficient (Wildman–Crippen LogP) is 5.35. The van der Waals surface area contributed by atoms with E-state index in [2.05, 4.69) is 60.7 Å². The van der Waals surface area contributed by atoms with Gasteiger partial charge in [0.25, 0.3) is 0 Å². The standard InChI is InChI=1S/C18H18/c1-2-6-15(7-3-1)10-11-16-12-13-17-8-4-5-9-18(17)14-16/h4-6,8-14H,1-3,7H2/b11-10+. The van der Waals surface area contributed by atoms with Crippen LogP contribution in [0.2, 0.25) is 0 Å². The van der Waals surface area contributed by atoms with Crippen LogP contribution < -0.4 is 0 Å². The number of benzene rings is 2. The van der Waals surface area contributed by atoms with Gasteiger partial charge in [0.15, 0.2) is 0 Å². The molecule has 0 radical (unpaired) electrons. The van der Waals surface area contributed by atoms with E-state index in [0.717, 1.165) is 0 Å². The Morgan fingerprint density at radius 1 is 0.833 bits per heavy atom. The van der Waals surface area contributed by atoms with Gasteiger partial charge >= 0.3 is 0 Å². The molecule has 0 saturated heterocycles. The highest BCUT2D eigenvalue weighted by atomic mass is 14.1. The zero-order valence-electron chi connectivity index (χ0n) is 10.6. The molecule has 0 bridgehead atoms. The summed E-state index contributed by atoms with van der Waals surface area (Å²) < 4.78 is 0. The maximum Gasteiger partial charge on any atom is -0.0178 e. The number of rotatable bonds is 2. The zero-order chi connectivity index (χ0) is 12.2. The Kier molecular flexibility index (Phi) is 3.27. The van der Waals surface area contributed by atoms with Crippen LogP contribution in [0.5, 0.6) is 0 Å². The van der Waals surface area contributed by atoms with E-state index in [9.17, 15) is 0 Å². The van der Waals surface area contributed by atoms with E-state index in [1.165, 1.54) is 47.6 Å². The maximum atomic E-state index is 2.38. The van der Waals surface area contributed by atoms with Gasteiger partial charge in [-0.05, 0) is 48.1 Å². The topological polar surface area (TPSA) is 0 Å². The van der Waals surface area contributed by atoms with Crippen molar-refractivity contribution in [3.05, 3.63) is 65.8 Å². The molecule has 0 saturated carbocycles. The fourth-order valence-corrected chi connectivity index (χ4v) is 2.53. The summed E-state index contributed by atoms with van der Waals surface area (Å²) in [5, 5.41) is 2.63. The fraction of sp³-hybridized carbons (Fsp3) is 0.222. The second-order valence-electron chi connectivity index (χ2n) is 4.96. The van der Waals surface area contributed by atoms with Gasteiger partial charge in [-0.2, -0.15) is 0 Å². The van der Waals surface area contributed by atoms with E-state index in [1.807, 2.05) is 0 Å². The summed E-state index contributed by atoms with van der Waals surface area (Å²) in [7, 11) is 0. The molecule has 0 aromatic heterocycles. The van der Waals surface area contributed by atoms with Crippen molar-refractivity contribution in [2.45, 2.75) is 25.7 Å². The molecule has 0 fully saturated rings. The number of hydrogen-bond acceptors (Lipinski definition) is 0. The second-order valence-corrected chi connectivity index (χ2v) is 4.96. The molecular weight excluding hydrogens is 216 g/mol. The summed E-state index contributed by atoms with van der Waals surface area (Å²) in [6.45, 7) is 0. The minimum atomic E-state index is 1.24. The first-order chi connectivity index (χ1) is 8.92. The molecule has 2 aromatic carbocycles. The molecule has 90 valence electrons. The van der Waals surface area contributed by atoms with Gasteiger partial charge in [0.1, 0.15) is 0 Å². The molecule has 0 aliphatic heterocycles. The zero-order valence-corrected chi connectivity index (χ0v) is 10.6. The molecule has 0 spiro atoms. The first kappa shape index (κ1) is 11.3. The van der Waals surface area contributed by atoms with Gasteiger partial charge in [-0.25, -0.2) is 0 Å². The molecule has 3 rings (SSSR count). The Bertz CT molecular complexity index is 602. The molecule has 18 heavy (non-hydrogen) atoms. The Hall–Kier alpha value is -1.82. The molecule has 0 atom stereocenters.